The van der Waals surface area contributed by atoms with Crippen LogP contribution in [-0.2, 0) is 17.6 Å². The molecule has 0 spiro atoms. The average molecular weight is 391 g/mol. The first kappa shape index (κ1) is 20.0. The summed E-state index contributed by atoms with van der Waals surface area (Å²) in [5, 5.41) is 9.14. The molecule has 3 heterocycles. The fourth-order valence-corrected chi connectivity index (χ4v) is 4.33. The molecule has 2 aromatic heterocycles. The highest BCUT2D eigenvalue weighted by Gasteiger charge is 2.25. The number of piperidine rings is 1. The third-order valence-electron chi connectivity index (χ3n) is 5.24. The van der Waals surface area contributed by atoms with Crippen LogP contribution in [0.5, 0.6) is 0 Å². The fourth-order valence-electron chi connectivity index (χ4n) is 3.47. The molecule has 0 radical (unpaired) electrons. The van der Waals surface area contributed by atoms with Gasteiger partial charge in [-0.1, -0.05) is 25.1 Å². The molecule has 1 fully saturated rings. The monoisotopic (exact) mass is 390 g/mol. The lowest BCUT2D eigenvalue weighted by Gasteiger charge is -2.36. The molecule has 27 heavy (non-hydrogen) atoms. The van der Waals surface area contributed by atoms with Gasteiger partial charge < -0.3 is 9.84 Å². The number of aromatic nitrogens is 2. The van der Waals surface area contributed by atoms with Gasteiger partial charge in [-0.25, -0.2) is 0 Å². The van der Waals surface area contributed by atoms with Crippen LogP contribution in [0.1, 0.15) is 62.2 Å². The van der Waals surface area contributed by atoms with Crippen molar-refractivity contribution in [1.82, 2.24) is 20.4 Å². The molecule has 7 heteroatoms. The lowest BCUT2D eigenvalue weighted by Crippen LogP contribution is -2.41. The standard InChI is InChI=1S/C20H30N4O2S/c1-3-18-22-20(26-23-18)8-4-7-19(25)21-14-16(17-6-5-13-27-17)24-11-9-15(2)10-12-24/h5-6,13,15-16H,3-4,7-12,14H2,1-2H3,(H,21,25). The third kappa shape index (κ3) is 5.87. The van der Waals surface area contributed by atoms with Crippen molar-refractivity contribution in [1.29, 1.82) is 0 Å². The number of amides is 1. The maximum atomic E-state index is 12.3. The predicted octanol–water partition coefficient (Wildman–Crippen LogP) is 3.61. The van der Waals surface area contributed by atoms with E-state index in [2.05, 4.69) is 44.8 Å². The van der Waals surface area contributed by atoms with E-state index in [0.29, 0.717) is 25.3 Å². The van der Waals surface area contributed by atoms with Gasteiger partial charge in [-0.3, -0.25) is 9.69 Å². The lowest BCUT2D eigenvalue weighted by atomic mass is 9.97. The van der Waals surface area contributed by atoms with Crippen LogP contribution in [0.3, 0.4) is 0 Å². The van der Waals surface area contributed by atoms with E-state index in [4.69, 9.17) is 4.52 Å². The number of likely N-dealkylation sites (tertiary alicyclic amines) is 1. The van der Waals surface area contributed by atoms with Crippen LogP contribution in [0, 0.1) is 5.92 Å². The second-order valence-electron chi connectivity index (χ2n) is 7.37. The zero-order valence-electron chi connectivity index (χ0n) is 16.3. The van der Waals surface area contributed by atoms with Crippen molar-refractivity contribution in [3.63, 3.8) is 0 Å². The highest BCUT2D eigenvalue weighted by Crippen LogP contribution is 2.29. The zero-order valence-corrected chi connectivity index (χ0v) is 17.1. The summed E-state index contributed by atoms with van der Waals surface area (Å²) in [7, 11) is 0. The molecule has 6 nitrogen and oxygen atoms in total. The normalized spacial score (nSPS) is 17.1. The minimum atomic E-state index is 0.0946. The number of hydrogen-bond acceptors (Lipinski definition) is 6. The number of thiophene rings is 1. The Balaban J connectivity index is 1.45. The molecule has 1 unspecified atom stereocenters. The first-order valence-corrected chi connectivity index (χ1v) is 10.9. The Morgan fingerprint density at radius 3 is 2.93 bits per heavy atom. The van der Waals surface area contributed by atoms with E-state index in [-0.39, 0.29) is 11.9 Å². The summed E-state index contributed by atoms with van der Waals surface area (Å²) in [6.07, 6.45) is 5.10. The Labute approximate surface area is 165 Å². The minimum Gasteiger partial charge on any atom is -0.354 e. The number of carbonyl (C=O) groups excluding carboxylic acids is 1. The molecule has 3 rings (SSSR count). The summed E-state index contributed by atoms with van der Waals surface area (Å²) >= 11 is 1.78. The predicted molar refractivity (Wildman–Crippen MR) is 107 cm³/mol. The SMILES string of the molecule is CCc1noc(CCCC(=O)NCC(c2cccs2)N2CCC(C)CC2)n1. The Morgan fingerprint density at radius 2 is 2.26 bits per heavy atom. The van der Waals surface area contributed by atoms with E-state index in [1.165, 1.54) is 17.7 Å². The Kier molecular flexibility index (Phi) is 7.41. The molecule has 1 N–H and O–H groups in total. The van der Waals surface area contributed by atoms with Gasteiger partial charge in [0.05, 0.1) is 6.04 Å². The van der Waals surface area contributed by atoms with Crippen molar-refractivity contribution in [2.45, 2.75) is 58.4 Å². The van der Waals surface area contributed by atoms with Gasteiger partial charge in [0.1, 0.15) is 0 Å². The Hall–Kier alpha value is -1.73. The molecule has 2 aromatic rings. The van der Waals surface area contributed by atoms with Gasteiger partial charge in [0.2, 0.25) is 11.8 Å². The number of hydrogen-bond donors (Lipinski definition) is 1. The van der Waals surface area contributed by atoms with Gasteiger partial charge in [0, 0.05) is 30.7 Å². The molecule has 1 aliphatic rings. The van der Waals surface area contributed by atoms with Gasteiger partial charge in [-0.15, -0.1) is 11.3 Å². The summed E-state index contributed by atoms with van der Waals surface area (Å²) in [5.41, 5.74) is 0. The molecule has 1 aliphatic heterocycles. The molecule has 1 amide bonds. The molecule has 0 saturated carbocycles. The highest BCUT2D eigenvalue weighted by atomic mass is 32.1. The summed E-state index contributed by atoms with van der Waals surface area (Å²) in [6.45, 7) is 7.21. The highest BCUT2D eigenvalue weighted by molar-refractivity contribution is 7.10. The van der Waals surface area contributed by atoms with Crippen LogP contribution in [0.2, 0.25) is 0 Å². The smallest absolute Gasteiger partial charge is 0.226 e. The second kappa shape index (κ2) is 9.99. The number of nitrogens with one attached hydrogen (secondary N) is 1. The molecular weight excluding hydrogens is 360 g/mol. The van der Waals surface area contributed by atoms with Crippen LogP contribution >= 0.6 is 11.3 Å². The van der Waals surface area contributed by atoms with E-state index in [9.17, 15) is 4.79 Å². The molecular formula is C20H30N4O2S. The van der Waals surface area contributed by atoms with Crippen LogP contribution in [0.15, 0.2) is 22.0 Å². The average Bonchev–Trinajstić information content (AvgIpc) is 3.35. The van der Waals surface area contributed by atoms with Crippen molar-refractivity contribution in [2.24, 2.45) is 5.92 Å². The fraction of sp³-hybridized carbons (Fsp3) is 0.650. The minimum absolute atomic E-state index is 0.0946. The van der Waals surface area contributed by atoms with E-state index >= 15 is 0 Å². The molecule has 0 aliphatic carbocycles. The van der Waals surface area contributed by atoms with E-state index < -0.39 is 0 Å². The van der Waals surface area contributed by atoms with Crippen molar-refractivity contribution in [3.8, 4) is 0 Å². The quantitative estimate of drug-likeness (QED) is 0.708. The van der Waals surface area contributed by atoms with Gasteiger partial charge in [-0.2, -0.15) is 4.98 Å². The number of nitrogens with zero attached hydrogens (tertiary/aromatic N) is 3. The van der Waals surface area contributed by atoms with E-state index in [1.807, 2.05) is 6.92 Å². The van der Waals surface area contributed by atoms with Crippen molar-refractivity contribution < 1.29 is 9.32 Å². The first-order chi connectivity index (χ1) is 13.2. The van der Waals surface area contributed by atoms with Crippen LogP contribution in [0.4, 0.5) is 0 Å². The zero-order chi connectivity index (χ0) is 19.1. The van der Waals surface area contributed by atoms with Crippen molar-refractivity contribution in [3.05, 3.63) is 34.1 Å². The van der Waals surface area contributed by atoms with Crippen molar-refractivity contribution in [2.75, 3.05) is 19.6 Å². The molecule has 1 saturated heterocycles. The third-order valence-corrected chi connectivity index (χ3v) is 6.22. The molecule has 1 atom stereocenters. The maximum Gasteiger partial charge on any atom is 0.226 e. The maximum absolute atomic E-state index is 12.3. The van der Waals surface area contributed by atoms with Crippen molar-refractivity contribution >= 4 is 17.2 Å². The summed E-state index contributed by atoms with van der Waals surface area (Å²) in [4.78, 5) is 20.5. The largest absolute Gasteiger partial charge is 0.354 e. The topological polar surface area (TPSA) is 71.3 Å². The summed E-state index contributed by atoms with van der Waals surface area (Å²) in [5.74, 6) is 2.25. The molecule has 148 valence electrons. The number of carbonyl (C=O) groups is 1. The lowest BCUT2D eigenvalue weighted by molar-refractivity contribution is -0.121. The molecule has 0 aromatic carbocycles. The summed E-state index contributed by atoms with van der Waals surface area (Å²) in [6, 6.07) is 4.56. The van der Waals surface area contributed by atoms with Crippen LogP contribution in [0.25, 0.3) is 0 Å². The number of rotatable bonds is 9. The Bertz CT molecular complexity index is 693. The van der Waals surface area contributed by atoms with Gasteiger partial charge in [-0.05, 0) is 49.7 Å². The molecule has 0 bridgehead atoms. The number of aryl methyl sites for hydroxylation is 2. The van der Waals surface area contributed by atoms with Gasteiger partial charge >= 0.3 is 0 Å². The Morgan fingerprint density at radius 1 is 1.44 bits per heavy atom. The van der Waals surface area contributed by atoms with E-state index in [1.54, 1.807) is 11.3 Å². The van der Waals surface area contributed by atoms with E-state index in [0.717, 1.165) is 37.7 Å². The van der Waals surface area contributed by atoms with Gasteiger partial charge in [0.25, 0.3) is 0 Å². The first-order valence-electron chi connectivity index (χ1n) is 10.0. The summed E-state index contributed by atoms with van der Waals surface area (Å²) < 4.78 is 5.17. The van der Waals surface area contributed by atoms with Gasteiger partial charge in [0.15, 0.2) is 5.82 Å². The second-order valence-corrected chi connectivity index (χ2v) is 8.34. The van der Waals surface area contributed by atoms with Crippen LogP contribution in [-0.4, -0.2) is 40.6 Å². The van der Waals surface area contributed by atoms with Crippen LogP contribution < -0.4 is 5.32 Å².